The minimum absolute atomic E-state index is 0.0546. The molecule has 1 aliphatic rings. The van der Waals surface area contributed by atoms with E-state index in [1.165, 1.54) is 0 Å². The topological polar surface area (TPSA) is 49.4 Å². The van der Waals surface area contributed by atoms with Gasteiger partial charge in [0.2, 0.25) is 10.0 Å². The monoisotopic (exact) mass is 248 g/mol. The van der Waals surface area contributed by atoms with Crippen molar-refractivity contribution in [2.24, 2.45) is 0 Å². The van der Waals surface area contributed by atoms with E-state index >= 15 is 0 Å². The zero-order chi connectivity index (χ0) is 12.2. The molecule has 4 nitrogen and oxygen atoms in total. The summed E-state index contributed by atoms with van der Waals surface area (Å²) < 4.78 is 25.8. The predicted octanol–water partition coefficient (Wildman–Crippen LogP) is 1.19. The molecular formula is C11H24N2O2S. The summed E-state index contributed by atoms with van der Waals surface area (Å²) >= 11 is 0. The van der Waals surface area contributed by atoms with Gasteiger partial charge in [-0.2, -0.15) is 4.31 Å². The molecule has 0 aromatic rings. The number of rotatable bonds is 6. The molecule has 1 saturated heterocycles. The molecule has 0 amide bonds. The molecule has 1 rings (SSSR count). The van der Waals surface area contributed by atoms with Crippen LogP contribution >= 0.6 is 0 Å². The number of sulfonamides is 1. The van der Waals surface area contributed by atoms with Gasteiger partial charge in [0.1, 0.15) is 0 Å². The standard InChI is InChI=1S/C11H24N2O2S/c1-4-8-16(14,15)13(10(2)3)9-11-6-5-7-12-11/h10-12H,4-9H2,1-3H3. The molecule has 1 heterocycles. The maximum atomic E-state index is 12.1. The number of nitrogens with zero attached hydrogens (tertiary/aromatic N) is 1. The van der Waals surface area contributed by atoms with Gasteiger partial charge in [-0.05, 0) is 39.7 Å². The Balaban J connectivity index is 2.66. The molecule has 1 aliphatic heterocycles. The molecule has 1 unspecified atom stereocenters. The molecule has 1 N–H and O–H groups in total. The van der Waals surface area contributed by atoms with Crippen molar-refractivity contribution in [1.82, 2.24) is 9.62 Å². The van der Waals surface area contributed by atoms with Gasteiger partial charge >= 0.3 is 0 Å². The highest BCUT2D eigenvalue weighted by atomic mass is 32.2. The van der Waals surface area contributed by atoms with E-state index in [0.717, 1.165) is 19.4 Å². The van der Waals surface area contributed by atoms with E-state index in [-0.39, 0.29) is 11.8 Å². The van der Waals surface area contributed by atoms with Crippen LogP contribution in [0.3, 0.4) is 0 Å². The van der Waals surface area contributed by atoms with Gasteiger partial charge in [-0.3, -0.25) is 0 Å². The number of hydrogen-bond acceptors (Lipinski definition) is 3. The average Bonchev–Trinajstić information content (AvgIpc) is 2.65. The van der Waals surface area contributed by atoms with Crippen LogP contribution in [0, 0.1) is 0 Å². The Bertz CT molecular complexity index is 295. The summed E-state index contributed by atoms with van der Waals surface area (Å²) in [5, 5.41) is 3.35. The summed E-state index contributed by atoms with van der Waals surface area (Å²) in [6.07, 6.45) is 2.93. The first-order valence-electron chi connectivity index (χ1n) is 6.20. The molecular weight excluding hydrogens is 224 g/mol. The third kappa shape index (κ3) is 3.71. The van der Waals surface area contributed by atoms with Crippen LogP contribution in [0.25, 0.3) is 0 Å². The summed E-state index contributed by atoms with van der Waals surface area (Å²) in [5.74, 6) is 0.262. The first kappa shape index (κ1) is 13.9. The van der Waals surface area contributed by atoms with Crippen LogP contribution in [-0.4, -0.2) is 43.6 Å². The van der Waals surface area contributed by atoms with E-state index in [0.29, 0.717) is 19.0 Å². The molecule has 16 heavy (non-hydrogen) atoms. The fourth-order valence-corrected chi connectivity index (χ4v) is 3.95. The van der Waals surface area contributed by atoms with Gasteiger partial charge in [-0.25, -0.2) is 8.42 Å². The molecule has 0 saturated carbocycles. The average molecular weight is 248 g/mol. The van der Waals surface area contributed by atoms with Crippen LogP contribution in [0.1, 0.15) is 40.0 Å². The quantitative estimate of drug-likeness (QED) is 0.768. The van der Waals surface area contributed by atoms with Gasteiger partial charge in [0.15, 0.2) is 0 Å². The lowest BCUT2D eigenvalue weighted by atomic mass is 10.2. The largest absolute Gasteiger partial charge is 0.313 e. The minimum atomic E-state index is -3.07. The summed E-state index contributed by atoms with van der Waals surface area (Å²) in [4.78, 5) is 0. The van der Waals surface area contributed by atoms with Crippen molar-refractivity contribution in [1.29, 1.82) is 0 Å². The predicted molar refractivity (Wildman–Crippen MR) is 66.9 cm³/mol. The van der Waals surface area contributed by atoms with Crippen molar-refractivity contribution < 1.29 is 8.42 Å². The van der Waals surface area contributed by atoms with Gasteiger partial charge in [0.25, 0.3) is 0 Å². The second-order valence-electron chi connectivity index (χ2n) is 4.77. The Labute approximate surface area is 99.5 Å². The molecule has 1 atom stereocenters. The Kier molecular flexibility index (Phi) is 5.21. The highest BCUT2D eigenvalue weighted by Crippen LogP contribution is 2.14. The van der Waals surface area contributed by atoms with Crippen LogP contribution < -0.4 is 5.32 Å². The third-order valence-electron chi connectivity index (χ3n) is 2.96. The molecule has 0 spiro atoms. The van der Waals surface area contributed by atoms with E-state index < -0.39 is 10.0 Å². The zero-order valence-corrected chi connectivity index (χ0v) is 11.4. The smallest absolute Gasteiger partial charge is 0.214 e. The molecule has 96 valence electrons. The first-order valence-corrected chi connectivity index (χ1v) is 7.81. The molecule has 0 bridgehead atoms. The van der Waals surface area contributed by atoms with Crippen LogP contribution in [-0.2, 0) is 10.0 Å². The van der Waals surface area contributed by atoms with Gasteiger partial charge in [-0.1, -0.05) is 6.92 Å². The normalized spacial score (nSPS) is 22.2. The lowest BCUT2D eigenvalue weighted by Crippen LogP contribution is -2.45. The maximum Gasteiger partial charge on any atom is 0.214 e. The van der Waals surface area contributed by atoms with Crippen LogP contribution in [0.15, 0.2) is 0 Å². The summed E-state index contributed by atoms with van der Waals surface area (Å²) in [5.41, 5.74) is 0. The molecule has 0 aromatic heterocycles. The van der Waals surface area contributed by atoms with Gasteiger partial charge < -0.3 is 5.32 Å². The summed E-state index contributed by atoms with van der Waals surface area (Å²) in [6.45, 7) is 7.44. The number of hydrogen-bond donors (Lipinski definition) is 1. The summed E-state index contributed by atoms with van der Waals surface area (Å²) in [6, 6.07) is 0.396. The van der Waals surface area contributed by atoms with Crippen LogP contribution in [0.2, 0.25) is 0 Å². The molecule has 5 heteroatoms. The Hall–Kier alpha value is -0.130. The molecule has 0 aliphatic carbocycles. The van der Waals surface area contributed by atoms with Crippen molar-refractivity contribution in [2.45, 2.75) is 52.1 Å². The summed E-state index contributed by atoms with van der Waals surface area (Å²) in [7, 11) is -3.07. The fourth-order valence-electron chi connectivity index (χ4n) is 2.15. The number of nitrogens with one attached hydrogen (secondary N) is 1. The van der Waals surface area contributed by atoms with E-state index in [1.54, 1.807) is 4.31 Å². The SMILES string of the molecule is CCCS(=O)(=O)N(CC1CCCN1)C(C)C. The molecule has 0 radical (unpaired) electrons. The van der Waals surface area contributed by atoms with Gasteiger partial charge in [0.05, 0.1) is 5.75 Å². The minimum Gasteiger partial charge on any atom is -0.313 e. The highest BCUT2D eigenvalue weighted by molar-refractivity contribution is 7.89. The van der Waals surface area contributed by atoms with Crippen LogP contribution in [0.4, 0.5) is 0 Å². The van der Waals surface area contributed by atoms with Crippen LogP contribution in [0.5, 0.6) is 0 Å². The van der Waals surface area contributed by atoms with E-state index in [1.807, 2.05) is 20.8 Å². The lowest BCUT2D eigenvalue weighted by molar-refractivity contribution is 0.322. The maximum absolute atomic E-state index is 12.1. The zero-order valence-electron chi connectivity index (χ0n) is 10.6. The Morgan fingerprint density at radius 1 is 1.44 bits per heavy atom. The lowest BCUT2D eigenvalue weighted by Gasteiger charge is -2.28. The van der Waals surface area contributed by atoms with Gasteiger partial charge in [-0.15, -0.1) is 0 Å². The van der Waals surface area contributed by atoms with Crippen molar-refractivity contribution in [3.63, 3.8) is 0 Å². The van der Waals surface area contributed by atoms with Crippen molar-refractivity contribution >= 4 is 10.0 Å². The second-order valence-corrected chi connectivity index (χ2v) is 6.81. The van der Waals surface area contributed by atoms with Gasteiger partial charge in [0, 0.05) is 18.6 Å². The molecule has 0 aromatic carbocycles. The third-order valence-corrected chi connectivity index (χ3v) is 5.17. The fraction of sp³-hybridized carbons (Fsp3) is 1.00. The highest BCUT2D eigenvalue weighted by Gasteiger charge is 2.27. The Morgan fingerprint density at radius 3 is 2.56 bits per heavy atom. The van der Waals surface area contributed by atoms with Crippen molar-refractivity contribution in [2.75, 3.05) is 18.8 Å². The van der Waals surface area contributed by atoms with E-state index in [9.17, 15) is 8.42 Å². The Morgan fingerprint density at radius 2 is 2.12 bits per heavy atom. The van der Waals surface area contributed by atoms with E-state index in [2.05, 4.69) is 5.32 Å². The second kappa shape index (κ2) is 5.98. The van der Waals surface area contributed by atoms with Crippen molar-refractivity contribution in [3.8, 4) is 0 Å². The molecule has 1 fully saturated rings. The first-order chi connectivity index (χ1) is 7.47. The van der Waals surface area contributed by atoms with E-state index in [4.69, 9.17) is 0 Å². The van der Waals surface area contributed by atoms with Crippen molar-refractivity contribution in [3.05, 3.63) is 0 Å².